The van der Waals surface area contributed by atoms with E-state index in [9.17, 15) is 0 Å². The molecule has 3 rings (SSSR count). The van der Waals surface area contributed by atoms with Crippen molar-refractivity contribution in [2.45, 2.75) is 63.8 Å². The third kappa shape index (κ3) is 2.75. The van der Waals surface area contributed by atoms with Gasteiger partial charge in [-0.05, 0) is 50.6 Å². The summed E-state index contributed by atoms with van der Waals surface area (Å²) in [7, 11) is 0. The molecule has 1 heterocycles. The summed E-state index contributed by atoms with van der Waals surface area (Å²) in [6.07, 6.45) is 11.5. The van der Waals surface area contributed by atoms with Crippen molar-refractivity contribution in [3.05, 3.63) is 0 Å². The van der Waals surface area contributed by atoms with Crippen LogP contribution in [0.4, 0.5) is 0 Å². The van der Waals surface area contributed by atoms with Gasteiger partial charge in [0.1, 0.15) is 0 Å². The van der Waals surface area contributed by atoms with Crippen LogP contribution < -0.4 is 5.32 Å². The predicted molar refractivity (Wildman–Crippen MR) is 76.8 cm³/mol. The summed E-state index contributed by atoms with van der Waals surface area (Å²) in [6.45, 7) is 7.76. The first-order chi connectivity index (χ1) is 8.77. The van der Waals surface area contributed by atoms with Gasteiger partial charge in [0, 0.05) is 18.6 Å². The van der Waals surface area contributed by atoms with Gasteiger partial charge in [-0.15, -0.1) is 0 Å². The molecule has 18 heavy (non-hydrogen) atoms. The normalized spacial score (nSPS) is 37.2. The van der Waals surface area contributed by atoms with Gasteiger partial charge in [0.2, 0.25) is 0 Å². The maximum atomic E-state index is 3.88. The average molecular weight is 250 g/mol. The molecular weight excluding hydrogens is 220 g/mol. The third-order valence-corrected chi connectivity index (χ3v) is 5.77. The zero-order valence-electron chi connectivity index (χ0n) is 12.1. The highest BCUT2D eigenvalue weighted by Crippen LogP contribution is 2.35. The average Bonchev–Trinajstić information content (AvgIpc) is 2.90. The van der Waals surface area contributed by atoms with Crippen LogP contribution in [0.5, 0.6) is 0 Å². The largest absolute Gasteiger partial charge is 0.310 e. The highest BCUT2D eigenvalue weighted by molar-refractivity contribution is 4.97. The molecule has 3 fully saturated rings. The molecule has 1 N–H and O–H groups in total. The van der Waals surface area contributed by atoms with Gasteiger partial charge < -0.3 is 10.2 Å². The fourth-order valence-electron chi connectivity index (χ4n) is 4.59. The molecule has 2 atom stereocenters. The van der Waals surface area contributed by atoms with Gasteiger partial charge in [0.15, 0.2) is 0 Å². The van der Waals surface area contributed by atoms with E-state index in [1.54, 1.807) is 0 Å². The molecule has 1 saturated heterocycles. The molecule has 0 bridgehead atoms. The van der Waals surface area contributed by atoms with E-state index in [2.05, 4.69) is 17.1 Å². The quantitative estimate of drug-likeness (QED) is 0.810. The molecule has 1 spiro atoms. The molecule has 2 nitrogen and oxygen atoms in total. The first-order valence-corrected chi connectivity index (χ1v) is 8.25. The molecule has 0 amide bonds. The smallest absolute Gasteiger partial charge is 0.0308 e. The van der Waals surface area contributed by atoms with Crippen LogP contribution in [-0.2, 0) is 0 Å². The van der Waals surface area contributed by atoms with Crippen LogP contribution >= 0.6 is 0 Å². The van der Waals surface area contributed by atoms with E-state index in [-0.39, 0.29) is 0 Å². The van der Waals surface area contributed by atoms with Crippen LogP contribution in [0.1, 0.15) is 58.3 Å². The van der Waals surface area contributed by atoms with Crippen molar-refractivity contribution < 1.29 is 0 Å². The SMILES string of the molecule is CC1CCCC1CN1CCCNC2(CCCC2)C1. The molecule has 2 aliphatic carbocycles. The number of hydrogen-bond donors (Lipinski definition) is 1. The van der Waals surface area contributed by atoms with E-state index in [0.717, 1.165) is 11.8 Å². The van der Waals surface area contributed by atoms with E-state index in [4.69, 9.17) is 0 Å². The Morgan fingerprint density at radius 2 is 1.94 bits per heavy atom. The lowest BCUT2D eigenvalue weighted by atomic mass is 9.94. The maximum absolute atomic E-state index is 3.88. The second-order valence-electron chi connectivity index (χ2n) is 7.17. The molecule has 2 unspecified atom stereocenters. The molecule has 2 heteroatoms. The second-order valence-corrected chi connectivity index (χ2v) is 7.17. The first-order valence-electron chi connectivity index (χ1n) is 8.25. The van der Waals surface area contributed by atoms with Gasteiger partial charge in [0.05, 0.1) is 0 Å². The van der Waals surface area contributed by atoms with E-state index < -0.39 is 0 Å². The molecule has 0 aromatic heterocycles. The number of nitrogens with zero attached hydrogens (tertiary/aromatic N) is 1. The predicted octanol–water partition coefficient (Wildman–Crippen LogP) is 3.03. The van der Waals surface area contributed by atoms with Crippen LogP contribution in [0.3, 0.4) is 0 Å². The summed E-state index contributed by atoms with van der Waals surface area (Å²) in [4.78, 5) is 2.80. The third-order valence-electron chi connectivity index (χ3n) is 5.77. The molecule has 0 radical (unpaired) electrons. The summed E-state index contributed by atoms with van der Waals surface area (Å²) in [5, 5.41) is 3.88. The molecule has 0 aromatic rings. The van der Waals surface area contributed by atoms with Crippen molar-refractivity contribution >= 4 is 0 Å². The Bertz CT molecular complexity index is 270. The minimum atomic E-state index is 0.498. The topological polar surface area (TPSA) is 15.3 Å². The van der Waals surface area contributed by atoms with Crippen molar-refractivity contribution in [1.82, 2.24) is 10.2 Å². The van der Waals surface area contributed by atoms with E-state index in [1.165, 1.54) is 77.5 Å². The Hall–Kier alpha value is -0.0800. The summed E-state index contributed by atoms with van der Waals surface area (Å²) >= 11 is 0. The molecule has 0 aromatic carbocycles. The summed E-state index contributed by atoms with van der Waals surface area (Å²) < 4.78 is 0. The summed E-state index contributed by atoms with van der Waals surface area (Å²) in [6, 6.07) is 0. The van der Waals surface area contributed by atoms with Gasteiger partial charge in [-0.1, -0.05) is 32.6 Å². The molecule has 3 aliphatic rings. The fraction of sp³-hybridized carbons (Fsp3) is 1.00. The van der Waals surface area contributed by atoms with E-state index >= 15 is 0 Å². The Morgan fingerprint density at radius 1 is 1.11 bits per heavy atom. The highest BCUT2D eigenvalue weighted by Gasteiger charge is 2.37. The van der Waals surface area contributed by atoms with Gasteiger partial charge >= 0.3 is 0 Å². The minimum absolute atomic E-state index is 0.498. The Morgan fingerprint density at radius 3 is 2.67 bits per heavy atom. The zero-order valence-corrected chi connectivity index (χ0v) is 12.1. The number of nitrogens with one attached hydrogen (secondary N) is 1. The van der Waals surface area contributed by atoms with E-state index in [1.807, 2.05) is 0 Å². The van der Waals surface area contributed by atoms with Crippen LogP contribution in [-0.4, -0.2) is 36.6 Å². The van der Waals surface area contributed by atoms with Crippen LogP contribution in [0, 0.1) is 11.8 Å². The van der Waals surface area contributed by atoms with Gasteiger partial charge in [0.25, 0.3) is 0 Å². The zero-order chi connectivity index (χ0) is 12.4. The Labute approximate surface area is 113 Å². The van der Waals surface area contributed by atoms with Crippen LogP contribution in [0.25, 0.3) is 0 Å². The molecule has 1 aliphatic heterocycles. The van der Waals surface area contributed by atoms with Crippen molar-refractivity contribution in [3.63, 3.8) is 0 Å². The van der Waals surface area contributed by atoms with E-state index in [0.29, 0.717) is 5.54 Å². The summed E-state index contributed by atoms with van der Waals surface area (Å²) in [5.74, 6) is 1.96. The molecule has 2 saturated carbocycles. The van der Waals surface area contributed by atoms with Crippen molar-refractivity contribution in [2.75, 3.05) is 26.2 Å². The Kier molecular flexibility index (Phi) is 3.95. The Balaban J connectivity index is 1.60. The van der Waals surface area contributed by atoms with Gasteiger partial charge in [-0.3, -0.25) is 0 Å². The van der Waals surface area contributed by atoms with Crippen LogP contribution in [0.2, 0.25) is 0 Å². The minimum Gasteiger partial charge on any atom is -0.310 e. The first kappa shape index (κ1) is 12.9. The van der Waals surface area contributed by atoms with Crippen molar-refractivity contribution in [3.8, 4) is 0 Å². The number of hydrogen-bond acceptors (Lipinski definition) is 2. The highest BCUT2D eigenvalue weighted by atomic mass is 15.2. The lowest BCUT2D eigenvalue weighted by molar-refractivity contribution is 0.172. The monoisotopic (exact) mass is 250 g/mol. The van der Waals surface area contributed by atoms with Gasteiger partial charge in [-0.2, -0.15) is 0 Å². The molecule has 104 valence electrons. The molecular formula is C16H30N2. The maximum Gasteiger partial charge on any atom is 0.0308 e. The fourth-order valence-corrected chi connectivity index (χ4v) is 4.59. The lowest BCUT2D eigenvalue weighted by Gasteiger charge is -2.35. The standard InChI is InChI=1S/C16H30N2/c1-14-6-4-7-15(14)12-18-11-5-10-17-16(13-18)8-2-3-9-16/h14-15,17H,2-13H2,1H3. The lowest BCUT2D eigenvalue weighted by Crippen LogP contribution is -2.50. The van der Waals surface area contributed by atoms with Crippen LogP contribution in [0.15, 0.2) is 0 Å². The number of rotatable bonds is 2. The van der Waals surface area contributed by atoms with Crippen molar-refractivity contribution in [2.24, 2.45) is 11.8 Å². The van der Waals surface area contributed by atoms with Gasteiger partial charge in [-0.25, -0.2) is 0 Å². The summed E-state index contributed by atoms with van der Waals surface area (Å²) in [5.41, 5.74) is 0.498. The van der Waals surface area contributed by atoms with Crippen molar-refractivity contribution in [1.29, 1.82) is 0 Å². The second kappa shape index (κ2) is 5.50.